The zero-order chi connectivity index (χ0) is 23.9. The molecule has 0 radical (unpaired) electrons. The molecular weight excluding hydrogens is 452 g/mol. The molecule has 0 atom stereocenters. The number of aromatic amines is 1. The topological polar surface area (TPSA) is 114 Å². The van der Waals surface area contributed by atoms with Crippen LogP contribution in [0.3, 0.4) is 0 Å². The predicted molar refractivity (Wildman–Crippen MR) is 132 cm³/mol. The number of aromatic nitrogens is 4. The summed E-state index contributed by atoms with van der Waals surface area (Å²) in [6, 6.07) is 9.90. The summed E-state index contributed by atoms with van der Waals surface area (Å²) in [6.45, 7) is 5.41. The minimum atomic E-state index is 0.277. The predicted octanol–water partition coefficient (Wildman–Crippen LogP) is 4.38. The van der Waals surface area contributed by atoms with Crippen molar-refractivity contribution in [2.75, 3.05) is 37.5 Å². The van der Waals surface area contributed by atoms with E-state index in [1.807, 2.05) is 44.2 Å². The van der Waals surface area contributed by atoms with Gasteiger partial charge >= 0.3 is 0 Å². The lowest BCUT2D eigenvalue weighted by atomic mass is 10.1. The summed E-state index contributed by atoms with van der Waals surface area (Å²) in [5, 5.41) is 14.3. The Hall–Kier alpha value is -3.11. The van der Waals surface area contributed by atoms with E-state index in [0.717, 1.165) is 29.0 Å². The summed E-state index contributed by atoms with van der Waals surface area (Å²) < 4.78 is 11.1. The molecule has 9 nitrogen and oxygen atoms in total. The number of carbonyl (C=O) groups is 1. The summed E-state index contributed by atoms with van der Waals surface area (Å²) in [5.74, 6) is 2.89. The first-order chi connectivity index (χ1) is 16.6. The maximum atomic E-state index is 12.1. The number of benzene rings is 1. The highest BCUT2D eigenvalue weighted by molar-refractivity contribution is 7.99. The van der Waals surface area contributed by atoms with Gasteiger partial charge in [-0.1, -0.05) is 12.1 Å². The SMILES string of the molecule is CCOc1c(NCCOC)nc(Sc2ccc(CC(=O)C3CC3)cc2)nc1Nc1cc(C)[nH]n1. The molecule has 10 heteroatoms. The average Bonchev–Trinajstić information content (AvgIpc) is 3.60. The average molecular weight is 483 g/mol. The molecule has 2 heterocycles. The van der Waals surface area contributed by atoms with Gasteiger partial charge in [-0.3, -0.25) is 9.89 Å². The van der Waals surface area contributed by atoms with Crippen LogP contribution in [0.5, 0.6) is 5.75 Å². The minimum absolute atomic E-state index is 0.277. The van der Waals surface area contributed by atoms with Crippen molar-refractivity contribution in [1.29, 1.82) is 0 Å². The van der Waals surface area contributed by atoms with Gasteiger partial charge in [-0.15, -0.1) is 0 Å². The number of anilines is 3. The Kier molecular flexibility index (Phi) is 8.02. The highest BCUT2D eigenvalue weighted by Crippen LogP contribution is 2.36. The van der Waals surface area contributed by atoms with Crippen LogP contribution in [0, 0.1) is 12.8 Å². The molecule has 1 fully saturated rings. The molecule has 0 unspecified atom stereocenters. The van der Waals surface area contributed by atoms with Gasteiger partial charge in [0.2, 0.25) is 5.75 Å². The van der Waals surface area contributed by atoms with Gasteiger partial charge in [-0.05, 0) is 56.1 Å². The van der Waals surface area contributed by atoms with E-state index in [1.165, 1.54) is 11.8 Å². The maximum Gasteiger partial charge on any atom is 0.204 e. The number of nitrogens with one attached hydrogen (secondary N) is 3. The molecular formula is C24H30N6O3S. The fourth-order valence-corrected chi connectivity index (χ4v) is 4.12. The number of hydrogen-bond acceptors (Lipinski definition) is 9. The Bertz CT molecular complexity index is 1110. The molecule has 2 aromatic heterocycles. The zero-order valence-corrected chi connectivity index (χ0v) is 20.5. The maximum absolute atomic E-state index is 12.1. The molecule has 0 amide bonds. The van der Waals surface area contributed by atoms with Crippen molar-refractivity contribution in [3.05, 3.63) is 41.6 Å². The molecule has 3 aromatic rings. The number of carbonyl (C=O) groups excluding carboxylic acids is 1. The van der Waals surface area contributed by atoms with Crippen LogP contribution in [0.2, 0.25) is 0 Å². The van der Waals surface area contributed by atoms with Crippen LogP contribution in [0.25, 0.3) is 0 Å². The molecule has 34 heavy (non-hydrogen) atoms. The third kappa shape index (κ3) is 6.48. The van der Waals surface area contributed by atoms with Crippen molar-refractivity contribution < 1.29 is 14.3 Å². The Morgan fingerprint density at radius 3 is 2.62 bits per heavy atom. The number of ketones is 1. The first-order valence-electron chi connectivity index (χ1n) is 11.4. The molecule has 0 aliphatic heterocycles. The molecule has 1 saturated carbocycles. The molecule has 1 aliphatic rings. The van der Waals surface area contributed by atoms with E-state index >= 15 is 0 Å². The van der Waals surface area contributed by atoms with E-state index in [1.54, 1.807) is 7.11 Å². The van der Waals surface area contributed by atoms with Crippen LogP contribution in [0.1, 0.15) is 31.0 Å². The third-order valence-corrected chi connectivity index (χ3v) is 6.10. The van der Waals surface area contributed by atoms with Crippen molar-refractivity contribution in [1.82, 2.24) is 20.2 Å². The van der Waals surface area contributed by atoms with Crippen molar-refractivity contribution in [3.8, 4) is 5.75 Å². The molecule has 4 rings (SSSR count). The number of aryl methyl sites for hydroxylation is 1. The Morgan fingerprint density at radius 1 is 1.21 bits per heavy atom. The zero-order valence-electron chi connectivity index (χ0n) is 19.7. The summed E-state index contributed by atoms with van der Waals surface area (Å²) >= 11 is 1.44. The number of methoxy groups -OCH3 is 1. The number of ether oxygens (including phenoxy) is 2. The van der Waals surface area contributed by atoms with Crippen LogP contribution in [-0.4, -0.2) is 52.8 Å². The van der Waals surface area contributed by atoms with E-state index in [9.17, 15) is 4.79 Å². The van der Waals surface area contributed by atoms with Crippen molar-refractivity contribution in [2.24, 2.45) is 5.92 Å². The van der Waals surface area contributed by atoms with Crippen LogP contribution in [0.4, 0.5) is 17.5 Å². The van der Waals surface area contributed by atoms with Crippen molar-refractivity contribution in [3.63, 3.8) is 0 Å². The molecule has 1 aromatic carbocycles. The largest absolute Gasteiger partial charge is 0.487 e. The van der Waals surface area contributed by atoms with E-state index in [2.05, 4.69) is 20.8 Å². The highest BCUT2D eigenvalue weighted by atomic mass is 32.2. The Labute approximate surface area is 203 Å². The van der Waals surface area contributed by atoms with E-state index < -0.39 is 0 Å². The first kappa shape index (κ1) is 24.0. The quantitative estimate of drug-likeness (QED) is 0.241. The van der Waals surface area contributed by atoms with Gasteiger partial charge in [-0.25, -0.2) is 9.97 Å². The first-order valence-corrected chi connectivity index (χ1v) is 12.2. The van der Waals surface area contributed by atoms with Gasteiger partial charge in [0.15, 0.2) is 22.6 Å². The lowest BCUT2D eigenvalue weighted by Crippen LogP contribution is -2.13. The molecule has 1 aliphatic carbocycles. The minimum Gasteiger partial charge on any atom is -0.487 e. The standard InChI is InChI=1S/C24H30N6O3S/c1-4-33-21-22(25-11-12-32-3)27-24(28-23(21)26-20-13-15(2)29-30-20)34-18-9-5-16(6-10-18)14-19(31)17-7-8-17/h5-6,9-10,13,17H,4,7-8,11-12,14H2,1-3H3,(H3,25,26,27,28,29,30). The van der Waals surface area contributed by atoms with E-state index in [0.29, 0.717) is 60.3 Å². The Morgan fingerprint density at radius 2 is 1.97 bits per heavy atom. The second-order valence-electron chi connectivity index (χ2n) is 8.11. The second kappa shape index (κ2) is 11.3. The van der Waals surface area contributed by atoms with Crippen LogP contribution in [0.15, 0.2) is 40.4 Å². The number of hydrogen-bond donors (Lipinski definition) is 3. The second-order valence-corrected chi connectivity index (χ2v) is 9.15. The Balaban J connectivity index is 1.57. The van der Waals surface area contributed by atoms with Crippen LogP contribution < -0.4 is 15.4 Å². The van der Waals surface area contributed by atoms with Gasteiger partial charge < -0.3 is 20.1 Å². The molecule has 3 N–H and O–H groups in total. The number of nitrogens with zero attached hydrogens (tertiary/aromatic N) is 3. The van der Waals surface area contributed by atoms with Crippen molar-refractivity contribution >= 4 is 35.0 Å². The number of H-pyrrole nitrogens is 1. The fourth-order valence-electron chi connectivity index (χ4n) is 3.37. The van der Waals surface area contributed by atoms with E-state index in [-0.39, 0.29) is 5.92 Å². The number of rotatable bonds is 13. The molecule has 0 saturated heterocycles. The lowest BCUT2D eigenvalue weighted by molar-refractivity contribution is -0.119. The monoisotopic (exact) mass is 482 g/mol. The van der Waals surface area contributed by atoms with Gasteiger partial charge in [0.25, 0.3) is 0 Å². The molecule has 180 valence electrons. The molecule has 0 spiro atoms. The molecule has 0 bridgehead atoms. The normalized spacial score (nSPS) is 13.0. The summed E-state index contributed by atoms with van der Waals surface area (Å²) in [5.41, 5.74) is 1.97. The summed E-state index contributed by atoms with van der Waals surface area (Å²) in [4.78, 5) is 22.5. The third-order valence-electron chi connectivity index (χ3n) is 5.23. The van der Waals surface area contributed by atoms with Crippen molar-refractivity contribution in [2.45, 2.75) is 43.2 Å². The summed E-state index contributed by atoms with van der Waals surface area (Å²) in [6.07, 6.45) is 2.58. The van der Waals surface area contributed by atoms with Gasteiger partial charge in [0, 0.05) is 42.6 Å². The van der Waals surface area contributed by atoms with Gasteiger partial charge in [-0.2, -0.15) is 5.10 Å². The lowest BCUT2D eigenvalue weighted by Gasteiger charge is -2.16. The van der Waals surface area contributed by atoms with Crippen LogP contribution >= 0.6 is 11.8 Å². The van der Waals surface area contributed by atoms with Gasteiger partial charge in [0.05, 0.1) is 13.2 Å². The van der Waals surface area contributed by atoms with Crippen LogP contribution in [-0.2, 0) is 16.0 Å². The van der Waals surface area contributed by atoms with E-state index in [4.69, 9.17) is 19.4 Å². The highest BCUT2D eigenvalue weighted by Gasteiger charge is 2.29. The summed E-state index contributed by atoms with van der Waals surface area (Å²) in [7, 11) is 1.65. The van der Waals surface area contributed by atoms with Gasteiger partial charge in [0.1, 0.15) is 5.78 Å². The fraction of sp³-hybridized carbons (Fsp3) is 0.417. The smallest absolute Gasteiger partial charge is 0.204 e. The number of Topliss-reactive ketones (excluding diaryl/α,β-unsaturated/α-hetero) is 1.